The molecular weight excluding hydrogens is 385 g/mol. The quantitative estimate of drug-likeness (QED) is 0.462. The summed E-state index contributed by atoms with van der Waals surface area (Å²) >= 11 is 15.3. The number of hydrogen-bond donors (Lipinski definition) is 0. The van der Waals surface area contributed by atoms with Crippen LogP contribution in [0.5, 0.6) is 0 Å². The first-order valence-electron chi connectivity index (χ1n) is 6.92. The summed E-state index contributed by atoms with van der Waals surface area (Å²) in [5.74, 6) is 1.32. The molecule has 0 amide bonds. The third-order valence-electron chi connectivity index (χ3n) is 3.28. The Morgan fingerprint density at radius 1 is 1.08 bits per heavy atom. The van der Waals surface area contributed by atoms with Gasteiger partial charge in [-0.2, -0.15) is 4.68 Å². The highest BCUT2D eigenvalue weighted by atomic mass is 35.5. The molecule has 0 saturated heterocycles. The molecule has 0 spiro atoms. The fraction of sp³-hybridized carbons (Fsp3) is 0.0667. The van der Waals surface area contributed by atoms with Crippen LogP contribution in [0, 0.1) is 0 Å². The molecular formula is C15H9Cl2N5S2. The molecule has 2 aromatic heterocycles. The molecule has 0 saturated carbocycles. The molecule has 4 rings (SSSR count). The van der Waals surface area contributed by atoms with E-state index in [1.165, 1.54) is 4.70 Å². The molecule has 0 aliphatic heterocycles. The van der Waals surface area contributed by atoms with Crippen LogP contribution in [0.1, 0.15) is 5.82 Å². The molecule has 0 bridgehead atoms. The molecule has 0 aliphatic rings. The SMILES string of the molecule is Clc1ccc(-n2nnnc2CSc2nc3ccccc3s2)cc1Cl. The number of thioether (sulfide) groups is 1. The van der Waals surface area contributed by atoms with Gasteiger partial charge in [0.2, 0.25) is 0 Å². The van der Waals surface area contributed by atoms with Crippen molar-refractivity contribution in [1.29, 1.82) is 0 Å². The number of fused-ring (bicyclic) bond motifs is 1. The number of thiazole rings is 1. The minimum Gasteiger partial charge on any atom is -0.230 e. The average Bonchev–Trinajstić information content (AvgIpc) is 3.21. The van der Waals surface area contributed by atoms with Crippen molar-refractivity contribution >= 4 is 56.5 Å². The lowest BCUT2D eigenvalue weighted by molar-refractivity contribution is 0.777. The second-order valence-electron chi connectivity index (χ2n) is 4.84. The van der Waals surface area contributed by atoms with Crippen LogP contribution in [0.15, 0.2) is 46.8 Å². The van der Waals surface area contributed by atoms with E-state index >= 15 is 0 Å². The van der Waals surface area contributed by atoms with E-state index in [4.69, 9.17) is 23.2 Å². The van der Waals surface area contributed by atoms with Gasteiger partial charge in [0.05, 0.1) is 31.7 Å². The van der Waals surface area contributed by atoms with Crippen molar-refractivity contribution in [3.63, 3.8) is 0 Å². The van der Waals surface area contributed by atoms with E-state index in [1.807, 2.05) is 24.3 Å². The second kappa shape index (κ2) is 6.68. The maximum absolute atomic E-state index is 6.07. The number of hydrogen-bond acceptors (Lipinski definition) is 6. The molecule has 0 unspecified atom stereocenters. The van der Waals surface area contributed by atoms with Gasteiger partial charge < -0.3 is 0 Å². The molecule has 0 fully saturated rings. The predicted octanol–water partition coefficient (Wildman–Crippen LogP) is 4.87. The Kier molecular flexibility index (Phi) is 4.41. The number of halogens is 2. The fourth-order valence-corrected chi connectivity index (χ4v) is 4.42. The van der Waals surface area contributed by atoms with Crippen LogP contribution < -0.4 is 0 Å². The zero-order chi connectivity index (χ0) is 16.5. The summed E-state index contributed by atoms with van der Waals surface area (Å²) in [4.78, 5) is 4.61. The number of nitrogens with zero attached hydrogens (tertiary/aromatic N) is 5. The summed E-state index contributed by atoms with van der Waals surface area (Å²) in [7, 11) is 0. The molecule has 4 aromatic rings. The second-order valence-corrected chi connectivity index (χ2v) is 7.91. The molecule has 24 heavy (non-hydrogen) atoms. The number of para-hydroxylation sites is 1. The fourth-order valence-electron chi connectivity index (χ4n) is 2.15. The van der Waals surface area contributed by atoms with Gasteiger partial charge in [0.25, 0.3) is 0 Å². The van der Waals surface area contributed by atoms with E-state index < -0.39 is 0 Å². The first kappa shape index (κ1) is 15.8. The minimum absolute atomic E-state index is 0.467. The van der Waals surface area contributed by atoms with Gasteiger partial charge in [0.15, 0.2) is 10.2 Å². The summed E-state index contributed by atoms with van der Waals surface area (Å²) < 4.78 is 3.81. The summed E-state index contributed by atoms with van der Waals surface area (Å²) in [5.41, 5.74) is 1.78. The Morgan fingerprint density at radius 2 is 1.96 bits per heavy atom. The van der Waals surface area contributed by atoms with Crippen molar-refractivity contribution < 1.29 is 0 Å². The Labute approximate surface area is 155 Å². The van der Waals surface area contributed by atoms with Crippen LogP contribution in [0.25, 0.3) is 15.9 Å². The molecule has 9 heteroatoms. The molecule has 5 nitrogen and oxygen atoms in total. The van der Waals surface area contributed by atoms with Crippen LogP contribution in [0.3, 0.4) is 0 Å². The summed E-state index contributed by atoms with van der Waals surface area (Å²) in [5, 5.41) is 12.9. The van der Waals surface area contributed by atoms with Crippen molar-refractivity contribution in [2.45, 2.75) is 10.1 Å². The Bertz CT molecular complexity index is 981. The average molecular weight is 394 g/mol. The third-order valence-corrected chi connectivity index (χ3v) is 6.20. The Morgan fingerprint density at radius 3 is 2.79 bits per heavy atom. The van der Waals surface area contributed by atoms with Gasteiger partial charge in [-0.3, -0.25) is 0 Å². The summed E-state index contributed by atoms with van der Waals surface area (Å²) in [6.07, 6.45) is 0. The van der Waals surface area contributed by atoms with Crippen molar-refractivity contribution in [2.75, 3.05) is 0 Å². The standard InChI is InChI=1S/C15H9Cl2N5S2/c16-10-6-5-9(7-11(10)17)22-14(19-20-21-22)8-23-15-18-12-3-1-2-4-13(12)24-15/h1-7H,8H2. The Hall–Kier alpha value is -1.67. The van der Waals surface area contributed by atoms with E-state index in [1.54, 1.807) is 39.9 Å². The third kappa shape index (κ3) is 3.12. The van der Waals surface area contributed by atoms with Gasteiger partial charge in [-0.25, -0.2) is 4.98 Å². The first-order chi connectivity index (χ1) is 11.7. The van der Waals surface area contributed by atoms with Gasteiger partial charge in [-0.15, -0.1) is 16.4 Å². The number of tetrazole rings is 1. The van der Waals surface area contributed by atoms with E-state index in [2.05, 4.69) is 26.6 Å². The number of benzene rings is 2. The predicted molar refractivity (Wildman–Crippen MR) is 98.4 cm³/mol. The minimum atomic E-state index is 0.467. The van der Waals surface area contributed by atoms with Crippen LogP contribution in [0.2, 0.25) is 10.0 Å². The van der Waals surface area contributed by atoms with E-state index in [9.17, 15) is 0 Å². The van der Waals surface area contributed by atoms with E-state index in [0.717, 1.165) is 21.4 Å². The summed E-state index contributed by atoms with van der Waals surface area (Å²) in [6.45, 7) is 0. The van der Waals surface area contributed by atoms with Gasteiger partial charge in [0, 0.05) is 0 Å². The molecule has 120 valence electrons. The molecule has 0 aliphatic carbocycles. The maximum Gasteiger partial charge on any atom is 0.167 e. The van der Waals surface area contributed by atoms with Crippen molar-refractivity contribution in [3.05, 3.63) is 58.3 Å². The highest BCUT2D eigenvalue weighted by molar-refractivity contribution is 8.00. The number of aromatic nitrogens is 5. The number of rotatable bonds is 4. The van der Waals surface area contributed by atoms with Crippen LogP contribution in [-0.2, 0) is 5.75 Å². The first-order valence-corrected chi connectivity index (χ1v) is 9.47. The zero-order valence-corrected chi connectivity index (χ0v) is 15.2. The zero-order valence-electron chi connectivity index (χ0n) is 12.1. The van der Waals surface area contributed by atoms with Crippen LogP contribution in [-0.4, -0.2) is 25.2 Å². The van der Waals surface area contributed by atoms with Crippen LogP contribution >= 0.6 is 46.3 Å². The largest absolute Gasteiger partial charge is 0.230 e. The van der Waals surface area contributed by atoms with Gasteiger partial charge in [0.1, 0.15) is 0 Å². The molecule has 0 radical (unpaired) electrons. The molecule has 2 heterocycles. The summed E-state index contributed by atoms with van der Waals surface area (Å²) in [6, 6.07) is 13.4. The normalized spacial score (nSPS) is 11.2. The van der Waals surface area contributed by atoms with E-state index in [0.29, 0.717) is 15.8 Å². The van der Waals surface area contributed by atoms with Crippen molar-refractivity contribution in [1.82, 2.24) is 25.2 Å². The molecule has 0 N–H and O–H groups in total. The van der Waals surface area contributed by atoms with Crippen molar-refractivity contribution in [3.8, 4) is 5.69 Å². The van der Waals surface area contributed by atoms with Crippen LogP contribution in [0.4, 0.5) is 0 Å². The molecule has 2 aromatic carbocycles. The monoisotopic (exact) mass is 393 g/mol. The smallest absolute Gasteiger partial charge is 0.167 e. The lowest BCUT2D eigenvalue weighted by Crippen LogP contribution is -2.02. The lowest BCUT2D eigenvalue weighted by Gasteiger charge is -2.05. The topological polar surface area (TPSA) is 56.5 Å². The Balaban J connectivity index is 1.57. The van der Waals surface area contributed by atoms with Gasteiger partial charge in [-0.05, 0) is 40.8 Å². The maximum atomic E-state index is 6.07. The van der Waals surface area contributed by atoms with Gasteiger partial charge >= 0.3 is 0 Å². The highest BCUT2D eigenvalue weighted by Gasteiger charge is 2.12. The highest BCUT2D eigenvalue weighted by Crippen LogP contribution is 2.31. The van der Waals surface area contributed by atoms with Gasteiger partial charge in [-0.1, -0.05) is 47.1 Å². The lowest BCUT2D eigenvalue weighted by atomic mass is 10.3. The molecule has 0 atom stereocenters. The van der Waals surface area contributed by atoms with Crippen molar-refractivity contribution in [2.24, 2.45) is 0 Å². The van der Waals surface area contributed by atoms with E-state index in [-0.39, 0.29) is 0 Å².